The fraction of sp³-hybridized carbons (Fsp3) is 0.625. The van der Waals surface area contributed by atoms with Crippen molar-refractivity contribution >= 4 is 5.82 Å². The Kier molecular flexibility index (Phi) is 4.34. The van der Waals surface area contributed by atoms with Gasteiger partial charge >= 0.3 is 0 Å². The van der Waals surface area contributed by atoms with Gasteiger partial charge in [-0.25, -0.2) is 0 Å². The Balaban J connectivity index is 0.000000461. The highest BCUT2D eigenvalue weighted by Gasteiger charge is 1.97. The number of rotatable bonds is 1. The summed E-state index contributed by atoms with van der Waals surface area (Å²) in [6, 6.07) is 0. The summed E-state index contributed by atoms with van der Waals surface area (Å²) in [7, 11) is 0. The molecular weight excluding hydrogens is 138 g/mol. The molecule has 64 valence electrons. The minimum atomic E-state index is 0.775. The van der Waals surface area contributed by atoms with Crippen LogP contribution in [-0.4, -0.2) is 9.78 Å². The number of nitrogen functional groups attached to an aromatic ring is 1. The van der Waals surface area contributed by atoms with Crippen LogP contribution in [0.15, 0.2) is 6.20 Å². The molecule has 0 saturated carbocycles. The predicted octanol–water partition coefficient (Wildman–Crippen LogP) is 1.82. The van der Waals surface area contributed by atoms with E-state index in [1.807, 2.05) is 27.7 Å². The molecule has 0 radical (unpaired) electrons. The lowest BCUT2D eigenvalue weighted by atomic mass is 10.4. The zero-order valence-electron chi connectivity index (χ0n) is 7.76. The number of aromatic nitrogens is 2. The van der Waals surface area contributed by atoms with Gasteiger partial charge in [0.15, 0.2) is 0 Å². The van der Waals surface area contributed by atoms with E-state index in [9.17, 15) is 0 Å². The summed E-state index contributed by atoms with van der Waals surface area (Å²) >= 11 is 0. The first-order valence-electron chi connectivity index (χ1n) is 4.03. The van der Waals surface area contributed by atoms with E-state index in [-0.39, 0.29) is 0 Å². The first-order valence-corrected chi connectivity index (χ1v) is 4.03. The minimum Gasteiger partial charge on any atom is -0.384 e. The second-order valence-electron chi connectivity index (χ2n) is 2.03. The smallest absolute Gasteiger partial charge is 0.124 e. The quantitative estimate of drug-likeness (QED) is 0.672. The van der Waals surface area contributed by atoms with Crippen LogP contribution in [0.5, 0.6) is 0 Å². The summed E-state index contributed by atoms with van der Waals surface area (Å²) in [5.41, 5.74) is 6.67. The zero-order valence-corrected chi connectivity index (χ0v) is 7.76. The third-order valence-corrected chi connectivity index (χ3v) is 1.37. The van der Waals surface area contributed by atoms with Crippen LogP contribution in [0.3, 0.4) is 0 Å². The number of anilines is 1. The van der Waals surface area contributed by atoms with E-state index in [1.54, 1.807) is 10.9 Å². The average molecular weight is 155 g/mol. The average Bonchev–Trinajstić information content (AvgIpc) is 2.37. The Labute approximate surface area is 68.2 Å². The maximum absolute atomic E-state index is 5.61. The van der Waals surface area contributed by atoms with Gasteiger partial charge in [-0.1, -0.05) is 13.8 Å². The van der Waals surface area contributed by atoms with Crippen LogP contribution in [0, 0.1) is 6.92 Å². The SMILES string of the molecule is CC.CCn1ncc(C)c1N. The van der Waals surface area contributed by atoms with Crippen molar-refractivity contribution < 1.29 is 0 Å². The Bertz CT molecular complexity index is 203. The zero-order chi connectivity index (χ0) is 8.85. The van der Waals surface area contributed by atoms with Crippen LogP contribution in [0.2, 0.25) is 0 Å². The van der Waals surface area contributed by atoms with Gasteiger partial charge < -0.3 is 5.73 Å². The molecule has 0 bridgehead atoms. The fourth-order valence-corrected chi connectivity index (χ4v) is 0.740. The molecule has 0 fully saturated rings. The van der Waals surface area contributed by atoms with E-state index in [0.29, 0.717) is 0 Å². The highest BCUT2D eigenvalue weighted by Crippen LogP contribution is 2.07. The van der Waals surface area contributed by atoms with Crippen LogP contribution >= 0.6 is 0 Å². The molecule has 0 aromatic carbocycles. The lowest BCUT2D eigenvalue weighted by Crippen LogP contribution is -2.01. The number of aryl methyl sites for hydroxylation is 2. The summed E-state index contributed by atoms with van der Waals surface area (Å²) in [6.07, 6.45) is 1.78. The number of hydrogen-bond donors (Lipinski definition) is 1. The normalized spacial score (nSPS) is 8.73. The Morgan fingerprint density at radius 3 is 2.27 bits per heavy atom. The first-order chi connectivity index (χ1) is 5.25. The van der Waals surface area contributed by atoms with E-state index in [0.717, 1.165) is 17.9 Å². The molecule has 0 amide bonds. The van der Waals surface area contributed by atoms with Crippen molar-refractivity contribution in [3.63, 3.8) is 0 Å². The van der Waals surface area contributed by atoms with Crippen LogP contribution < -0.4 is 5.73 Å². The molecule has 1 aromatic rings. The largest absolute Gasteiger partial charge is 0.384 e. The van der Waals surface area contributed by atoms with Gasteiger partial charge in [0.2, 0.25) is 0 Å². The lowest BCUT2D eigenvalue weighted by Gasteiger charge is -1.96. The van der Waals surface area contributed by atoms with Gasteiger partial charge in [-0.15, -0.1) is 0 Å². The van der Waals surface area contributed by atoms with Gasteiger partial charge in [0.1, 0.15) is 5.82 Å². The number of hydrogen-bond acceptors (Lipinski definition) is 2. The molecule has 1 rings (SSSR count). The second kappa shape index (κ2) is 4.77. The molecule has 1 aromatic heterocycles. The maximum Gasteiger partial charge on any atom is 0.124 e. The van der Waals surface area contributed by atoms with Crippen molar-refractivity contribution in [2.75, 3.05) is 5.73 Å². The van der Waals surface area contributed by atoms with Crippen molar-refractivity contribution in [1.29, 1.82) is 0 Å². The molecule has 3 heteroatoms. The molecule has 1 heterocycles. The topological polar surface area (TPSA) is 43.8 Å². The Morgan fingerprint density at radius 1 is 1.55 bits per heavy atom. The van der Waals surface area contributed by atoms with Gasteiger partial charge in [-0.2, -0.15) is 5.10 Å². The van der Waals surface area contributed by atoms with Crippen molar-refractivity contribution in [2.45, 2.75) is 34.2 Å². The molecule has 3 nitrogen and oxygen atoms in total. The van der Waals surface area contributed by atoms with Crippen LogP contribution in [0.1, 0.15) is 26.3 Å². The third kappa shape index (κ3) is 2.26. The van der Waals surface area contributed by atoms with E-state index in [4.69, 9.17) is 5.73 Å². The predicted molar refractivity (Wildman–Crippen MR) is 48.4 cm³/mol. The molecule has 0 unspecified atom stereocenters. The molecule has 0 aliphatic rings. The lowest BCUT2D eigenvalue weighted by molar-refractivity contribution is 0.669. The highest BCUT2D eigenvalue weighted by molar-refractivity contribution is 5.36. The molecular formula is C8H17N3. The maximum atomic E-state index is 5.61. The van der Waals surface area contributed by atoms with Gasteiger partial charge in [0.05, 0.1) is 6.20 Å². The van der Waals surface area contributed by atoms with Crippen LogP contribution in [0.25, 0.3) is 0 Å². The standard InChI is InChI=1S/C6H11N3.C2H6/c1-3-9-6(7)5(2)4-8-9;1-2/h4H,3,7H2,1-2H3;1-2H3. The van der Waals surface area contributed by atoms with E-state index in [2.05, 4.69) is 5.10 Å². The van der Waals surface area contributed by atoms with Gasteiger partial charge in [0.25, 0.3) is 0 Å². The van der Waals surface area contributed by atoms with Crippen molar-refractivity contribution in [3.05, 3.63) is 11.8 Å². The third-order valence-electron chi connectivity index (χ3n) is 1.37. The monoisotopic (exact) mass is 155 g/mol. The Hall–Kier alpha value is -0.990. The summed E-state index contributed by atoms with van der Waals surface area (Å²) in [5.74, 6) is 0.775. The van der Waals surface area contributed by atoms with Gasteiger partial charge in [-0.3, -0.25) is 4.68 Å². The summed E-state index contributed by atoms with van der Waals surface area (Å²) < 4.78 is 1.77. The molecule has 0 aliphatic heterocycles. The highest BCUT2D eigenvalue weighted by atomic mass is 15.3. The molecule has 2 N–H and O–H groups in total. The summed E-state index contributed by atoms with van der Waals surface area (Å²) in [4.78, 5) is 0. The fourth-order valence-electron chi connectivity index (χ4n) is 0.740. The van der Waals surface area contributed by atoms with Crippen molar-refractivity contribution in [3.8, 4) is 0 Å². The van der Waals surface area contributed by atoms with Gasteiger partial charge in [0, 0.05) is 12.1 Å². The van der Waals surface area contributed by atoms with E-state index in [1.165, 1.54) is 0 Å². The van der Waals surface area contributed by atoms with Crippen LogP contribution in [0.4, 0.5) is 5.82 Å². The van der Waals surface area contributed by atoms with Crippen LogP contribution in [-0.2, 0) is 6.54 Å². The van der Waals surface area contributed by atoms with Gasteiger partial charge in [-0.05, 0) is 13.8 Å². The second-order valence-corrected chi connectivity index (χ2v) is 2.03. The molecule has 0 saturated heterocycles. The molecule has 11 heavy (non-hydrogen) atoms. The van der Waals surface area contributed by atoms with E-state index < -0.39 is 0 Å². The number of nitrogens with zero attached hydrogens (tertiary/aromatic N) is 2. The van der Waals surface area contributed by atoms with Crippen molar-refractivity contribution in [1.82, 2.24) is 9.78 Å². The van der Waals surface area contributed by atoms with E-state index >= 15 is 0 Å². The molecule has 0 atom stereocenters. The summed E-state index contributed by atoms with van der Waals surface area (Å²) in [5, 5.41) is 4.03. The summed E-state index contributed by atoms with van der Waals surface area (Å²) in [6.45, 7) is 8.82. The minimum absolute atomic E-state index is 0.775. The number of nitrogens with two attached hydrogens (primary N) is 1. The Morgan fingerprint density at radius 2 is 2.09 bits per heavy atom. The van der Waals surface area contributed by atoms with Crippen molar-refractivity contribution in [2.24, 2.45) is 0 Å². The molecule has 0 spiro atoms. The first kappa shape index (κ1) is 10.0. The molecule has 0 aliphatic carbocycles.